The van der Waals surface area contributed by atoms with Gasteiger partial charge >= 0.3 is 0 Å². The van der Waals surface area contributed by atoms with Crippen molar-refractivity contribution in [2.24, 2.45) is 0 Å². The summed E-state index contributed by atoms with van der Waals surface area (Å²) in [7, 11) is 0. The van der Waals surface area contributed by atoms with Gasteiger partial charge in [0, 0.05) is 40.4 Å². The Balaban J connectivity index is 1.38. The van der Waals surface area contributed by atoms with Gasteiger partial charge in [0.05, 0.1) is 5.02 Å². The zero-order valence-electron chi connectivity index (χ0n) is 19.0. The van der Waals surface area contributed by atoms with Gasteiger partial charge in [0.2, 0.25) is 5.88 Å². The van der Waals surface area contributed by atoms with Crippen LogP contribution in [-0.4, -0.2) is 49.7 Å². The highest BCUT2D eigenvalue weighted by Crippen LogP contribution is 2.36. The third-order valence-corrected chi connectivity index (χ3v) is 7.71. The predicted molar refractivity (Wildman–Crippen MR) is 140 cm³/mol. The smallest absolute Gasteiger partial charge is 0.245 e. The van der Waals surface area contributed by atoms with E-state index in [0.29, 0.717) is 44.0 Å². The van der Waals surface area contributed by atoms with Gasteiger partial charge in [-0.05, 0) is 55.3 Å². The summed E-state index contributed by atoms with van der Waals surface area (Å²) < 4.78 is 8.30. The van der Waals surface area contributed by atoms with Crippen molar-refractivity contribution in [1.29, 1.82) is 0 Å². The summed E-state index contributed by atoms with van der Waals surface area (Å²) >= 11 is 18.9. The first-order valence-electron chi connectivity index (χ1n) is 11.9. The topological polar surface area (TPSA) is 56.1 Å². The molecule has 2 aromatic carbocycles. The fraction of sp³-hybridized carbons (Fsp3) is 0.346. The summed E-state index contributed by atoms with van der Waals surface area (Å²) in [5, 5.41) is 1.71. The van der Waals surface area contributed by atoms with Crippen molar-refractivity contribution < 1.29 is 4.74 Å². The highest BCUT2D eigenvalue weighted by Gasteiger charge is 2.35. The molecule has 0 unspecified atom stereocenters. The number of benzene rings is 2. The molecule has 4 aromatic rings. The van der Waals surface area contributed by atoms with Crippen molar-refractivity contribution in [3.05, 3.63) is 63.9 Å². The molecule has 1 saturated carbocycles. The molecule has 0 amide bonds. The van der Waals surface area contributed by atoms with Gasteiger partial charge in [0.15, 0.2) is 11.2 Å². The Labute approximate surface area is 218 Å². The molecule has 0 atom stereocenters. The van der Waals surface area contributed by atoms with Crippen LogP contribution in [0.15, 0.2) is 48.8 Å². The summed E-state index contributed by atoms with van der Waals surface area (Å²) in [5.74, 6) is 1.12. The highest BCUT2D eigenvalue weighted by molar-refractivity contribution is 6.36. The largest absolute Gasteiger partial charge is 0.470 e. The molecule has 9 heteroatoms. The Morgan fingerprint density at radius 3 is 2.34 bits per heavy atom. The Kier molecular flexibility index (Phi) is 6.31. The lowest BCUT2D eigenvalue weighted by Crippen LogP contribution is -2.58. The first-order chi connectivity index (χ1) is 17.1. The SMILES string of the molecule is Clc1ccc(-n2c(-c3ccc(Cl)cc3Cl)nc3c(OC4CN(C5CCCCC5)C4)ncnc32)cc1. The zero-order valence-corrected chi connectivity index (χ0v) is 21.3. The van der Waals surface area contributed by atoms with Gasteiger partial charge in [-0.1, -0.05) is 54.1 Å². The Hall–Kier alpha value is -2.38. The summed E-state index contributed by atoms with van der Waals surface area (Å²) in [6.45, 7) is 1.84. The second-order valence-electron chi connectivity index (χ2n) is 9.21. The minimum Gasteiger partial charge on any atom is -0.470 e. The monoisotopic (exact) mass is 527 g/mol. The second-order valence-corrected chi connectivity index (χ2v) is 10.5. The normalized spacial score (nSPS) is 17.6. The quantitative estimate of drug-likeness (QED) is 0.284. The van der Waals surface area contributed by atoms with Crippen LogP contribution >= 0.6 is 34.8 Å². The highest BCUT2D eigenvalue weighted by atomic mass is 35.5. The van der Waals surface area contributed by atoms with Crippen LogP contribution in [0.4, 0.5) is 0 Å². The Morgan fingerprint density at radius 1 is 0.857 bits per heavy atom. The number of likely N-dealkylation sites (tertiary alicyclic amines) is 1. The van der Waals surface area contributed by atoms with Gasteiger partial charge in [0.1, 0.15) is 18.3 Å². The number of rotatable bonds is 5. The van der Waals surface area contributed by atoms with Crippen LogP contribution in [0.1, 0.15) is 32.1 Å². The van der Waals surface area contributed by atoms with Crippen molar-refractivity contribution in [3.63, 3.8) is 0 Å². The molecule has 180 valence electrons. The number of nitrogens with zero attached hydrogens (tertiary/aromatic N) is 5. The van der Waals surface area contributed by atoms with Crippen molar-refractivity contribution in [3.8, 4) is 23.0 Å². The number of fused-ring (bicyclic) bond motifs is 1. The third kappa shape index (κ3) is 4.49. The molecule has 1 aliphatic heterocycles. The van der Waals surface area contributed by atoms with E-state index in [1.807, 2.05) is 34.9 Å². The van der Waals surface area contributed by atoms with Gasteiger partial charge in [-0.3, -0.25) is 9.47 Å². The predicted octanol–water partition coefficient (Wildman–Crippen LogP) is 6.84. The van der Waals surface area contributed by atoms with Crippen LogP contribution in [0.2, 0.25) is 15.1 Å². The third-order valence-electron chi connectivity index (χ3n) is 6.91. The van der Waals surface area contributed by atoms with Crippen LogP contribution in [0, 0.1) is 0 Å². The standard InChI is InChI=1S/C26H24Cl3N5O/c27-16-6-9-19(10-7-16)34-24(21-11-8-17(28)12-22(21)29)32-23-25(34)30-15-31-26(23)35-20-13-33(14-20)18-4-2-1-3-5-18/h6-12,15,18,20H,1-5,13-14H2. The number of halogens is 3. The summed E-state index contributed by atoms with van der Waals surface area (Å²) in [5.41, 5.74) is 2.83. The number of ether oxygens (including phenoxy) is 1. The molecule has 35 heavy (non-hydrogen) atoms. The molecule has 2 fully saturated rings. The van der Waals surface area contributed by atoms with Crippen LogP contribution in [0.3, 0.4) is 0 Å². The zero-order chi connectivity index (χ0) is 23.9. The fourth-order valence-electron chi connectivity index (χ4n) is 5.09. The lowest BCUT2D eigenvalue weighted by Gasteiger charge is -2.45. The number of hydrogen-bond donors (Lipinski definition) is 0. The molecular formula is C26H24Cl3N5O. The maximum atomic E-state index is 6.59. The van der Waals surface area contributed by atoms with Gasteiger partial charge < -0.3 is 4.74 Å². The summed E-state index contributed by atoms with van der Waals surface area (Å²) in [6, 6.07) is 13.6. The van der Waals surface area contributed by atoms with E-state index in [2.05, 4.69) is 14.9 Å². The first-order valence-corrected chi connectivity index (χ1v) is 13.1. The van der Waals surface area contributed by atoms with Gasteiger partial charge in [-0.2, -0.15) is 4.98 Å². The van der Waals surface area contributed by atoms with E-state index >= 15 is 0 Å². The average Bonchev–Trinajstić information content (AvgIpc) is 3.22. The van der Waals surface area contributed by atoms with E-state index < -0.39 is 0 Å². The lowest BCUT2D eigenvalue weighted by molar-refractivity contribution is -0.0201. The summed E-state index contributed by atoms with van der Waals surface area (Å²) in [4.78, 5) is 16.5. The minimum absolute atomic E-state index is 0.0956. The van der Waals surface area contributed by atoms with Gasteiger partial charge in [0.25, 0.3) is 0 Å². The molecule has 1 aliphatic carbocycles. The Morgan fingerprint density at radius 2 is 1.60 bits per heavy atom. The molecule has 2 aliphatic rings. The van der Waals surface area contributed by atoms with Gasteiger partial charge in [-0.25, -0.2) is 9.97 Å². The second kappa shape index (κ2) is 9.58. The maximum absolute atomic E-state index is 6.59. The van der Waals surface area contributed by atoms with Crippen molar-refractivity contribution in [2.75, 3.05) is 13.1 Å². The summed E-state index contributed by atoms with van der Waals surface area (Å²) in [6.07, 6.45) is 8.23. The first kappa shape index (κ1) is 23.0. The Bertz CT molecular complexity index is 1360. The molecule has 0 radical (unpaired) electrons. The molecule has 0 N–H and O–H groups in total. The fourth-order valence-corrected chi connectivity index (χ4v) is 5.71. The minimum atomic E-state index is 0.0956. The molecule has 6 rings (SSSR count). The van der Waals surface area contributed by atoms with Crippen molar-refractivity contribution in [2.45, 2.75) is 44.2 Å². The van der Waals surface area contributed by atoms with E-state index in [4.69, 9.17) is 44.5 Å². The van der Waals surface area contributed by atoms with E-state index in [1.165, 1.54) is 38.4 Å². The molecule has 0 spiro atoms. The number of imidazole rings is 1. The number of hydrogen-bond acceptors (Lipinski definition) is 5. The molecule has 1 saturated heterocycles. The number of aromatic nitrogens is 4. The average molecular weight is 529 g/mol. The van der Waals surface area contributed by atoms with Crippen molar-refractivity contribution >= 4 is 46.0 Å². The molecular weight excluding hydrogens is 505 g/mol. The van der Waals surface area contributed by atoms with E-state index in [1.54, 1.807) is 12.1 Å². The lowest BCUT2D eigenvalue weighted by atomic mass is 9.92. The van der Waals surface area contributed by atoms with Crippen molar-refractivity contribution in [1.82, 2.24) is 24.4 Å². The molecule has 0 bridgehead atoms. The van der Waals surface area contributed by atoms with Crippen LogP contribution in [-0.2, 0) is 0 Å². The maximum Gasteiger partial charge on any atom is 0.245 e. The van der Waals surface area contributed by atoms with Gasteiger partial charge in [-0.15, -0.1) is 0 Å². The van der Waals surface area contributed by atoms with E-state index in [0.717, 1.165) is 24.3 Å². The van der Waals surface area contributed by atoms with E-state index in [-0.39, 0.29) is 6.10 Å². The van der Waals surface area contributed by atoms with Crippen LogP contribution in [0.25, 0.3) is 28.2 Å². The molecule has 6 nitrogen and oxygen atoms in total. The molecule has 2 aromatic heterocycles. The molecule has 3 heterocycles. The van der Waals surface area contributed by atoms with E-state index in [9.17, 15) is 0 Å². The van der Waals surface area contributed by atoms with Crippen LogP contribution < -0.4 is 4.74 Å². The van der Waals surface area contributed by atoms with Crippen LogP contribution in [0.5, 0.6) is 5.88 Å².